The highest BCUT2D eigenvalue weighted by molar-refractivity contribution is 7.53. The zero-order valence-electron chi connectivity index (χ0n) is 93.6. The number of rotatable bonds is 10. The molecule has 764 valence electrons. The van der Waals surface area contributed by atoms with E-state index in [1.807, 2.05) is 0 Å². The van der Waals surface area contributed by atoms with Gasteiger partial charge >= 0.3 is 63.1 Å². The number of fused-ring (bicyclic) bond motifs is 8. The maximum Gasteiger partial charge on any atom is 0.689 e. The largest absolute Gasteiger partial charge is 0.689 e. The van der Waals surface area contributed by atoms with Crippen molar-refractivity contribution in [1.29, 1.82) is 0 Å². The van der Waals surface area contributed by atoms with E-state index in [4.69, 9.17) is 50.5 Å². The lowest BCUT2D eigenvalue weighted by Crippen LogP contribution is -2.24. The van der Waals surface area contributed by atoms with E-state index in [1.165, 1.54) is 0 Å². The normalized spacial score (nSPS) is 18.2. The van der Waals surface area contributed by atoms with Crippen LogP contribution in [0.4, 0.5) is 0 Å². The summed E-state index contributed by atoms with van der Waals surface area (Å²) in [4.78, 5) is 0. The molecule has 24 heteroatoms. The van der Waals surface area contributed by atoms with Crippen LogP contribution in [0.1, 0.15) is 477 Å². The van der Waals surface area contributed by atoms with Crippen LogP contribution in [0.5, 0.6) is 46.0 Å². The lowest BCUT2D eigenvalue weighted by Gasteiger charge is -2.36. The first-order valence-electron chi connectivity index (χ1n) is 49.4. The standard InChI is InChI=1S/3C29H43O4P.C28H41O4P.2Al.2H2O/c2*1-26(2,3)20-14-18-13-19-15-21(27(4,5)6)17-23(29(10,11)12)25(19)33-34(30,31)32-24(18)22(16-20)28(7,8)9;1-17(2)19-13-21-18(3)22-15-20(27(4,5)6)16-24(29(10,11)12)26(22)33-34(30,31)32-25(21)23(14-19)28(7,8)9;1-17(2)18-12-19-13-20-14-21(26(3,4)5)16-23(28(9,10)11)25(20)32-33(29,30)31-24(19)22(15-18)27(6,7)8;;;;/h2*14-17H,13H2,1-12H3,(H,30,31);13-18H,1-12H3,(H,30,31);12,14-17H,13H2,1-11H3,(H,29,30);;;2*1H2/q;;;;2*+2;;/p-4. The Labute approximate surface area is 851 Å². The number of benzene rings is 8. The van der Waals surface area contributed by atoms with E-state index in [0.717, 1.165) is 134 Å². The van der Waals surface area contributed by atoms with E-state index < -0.39 is 106 Å². The van der Waals surface area contributed by atoms with Crippen molar-refractivity contribution in [2.75, 3.05) is 0 Å². The monoisotopic (exact) mass is 2020 g/mol. The maximum atomic E-state index is 15.9. The van der Waals surface area contributed by atoms with Gasteiger partial charge in [0.2, 0.25) is 0 Å². The summed E-state index contributed by atoms with van der Waals surface area (Å²) >= 11 is -3.74. The molecule has 0 aromatic heterocycles. The zero-order valence-corrected chi connectivity index (χ0v) is 99.5. The molecule has 4 heterocycles. The van der Waals surface area contributed by atoms with Crippen LogP contribution >= 0.6 is 31.3 Å². The molecule has 0 amide bonds. The second-order valence-electron chi connectivity index (χ2n) is 54.2. The molecular formula is C115H170Al2O18P4. The van der Waals surface area contributed by atoms with Crippen LogP contribution in [0.15, 0.2) is 97.1 Å². The fraction of sp³-hybridized carbons (Fsp3) is 0.583. The molecule has 0 bridgehead atoms. The molecule has 0 aliphatic carbocycles. The number of phosphoric acid groups is 4. The van der Waals surface area contributed by atoms with Crippen LogP contribution in [0.2, 0.25) is 0 Å². The molecule has 3 atom stereocenters. The van der Waals surface area contributed by atoms with Crippen LogP contribution in [0, 0.1) is 0 Å². The maximum absolute atomic E-state index is 15.9. The van der Waals surface area contributed by atoms with Crippen molar-refractivity contribution >= 4 is 63.1 Å². The lowest BCUT2D eigenvalue weighted by molar-refractivity contribution is 0.252. The van der Waals surface area contributed by atoms with E-state index in [0.29, 0.717) is 65.3 Å². The molecule has 18 nitrogen and oxygen atoms in total. The highest BCUT2D eigenvalue weighted by Gasteiger charge is 2.50. The Bertz CT molecular complexity index is 5980. The van der Waals surface area contributed by atoms with Crippen LogP contribution in [-0.2, 0) is 128 Å². The van der Waals surface area contributed by atoms with Gasteiger partial charge in [0.25, 0.3) is 0 Å². The van der Waals surface area contributed by atoms with Crippen molar-refractivity contribution in [3.63, 3.8) is 0 Å². The van der Waals surface area contributed by atoms with Crippen molar-refractivity contribution in [3.8, 4) is 46.0 Å². The van der Waals surface area contributed by atoms with E-state index in [1.54, 1.807) is 0 Å². The van der Waals surface area contributed by atoms with Gasteiger partial charge in [-0.2, -0.15) is 0 Å². The van der Waals surface area contributed by atoms with Gasteiger partial charge in [-0.1, -0.05) is 422 Å². The summed E-state index contributed by atoms with van der Waals surface area (Å²) in [5, 5.41) is 0. The van der Waals surface area contributed by atoms with Gasteiger partial charge in [0.1, 0.15) is 46.0 Å². The van der Waals surface area contributed by atoms with E-state index in [-0.39, 0.29) is 61.2 Å². The minimum Gasteiger partial charge on any atom is -0.412 e. The molecule has 0 saturated carbocycles. The molecule has 0 fully saturated rings. The second kappa shape index (κ2) is 39.3. The van der Waals surface area contributed by atoms with Gasteiger partial charge < -0.3 is 61.4 Å². The summed E-state index contributed by atoms with van der Waals surface area (Å²) in [7, 11) is -18.6. The second-order valence-corrected chi connectivity index (χ2v) is 63.0. The average Bonchev–Trinajstić information content (AvgIpc) is 0.737. The Balaban J connectivity index is 0.000000307. The molecule has 139 heavy (non-hydrogen) atoms. The third-order valence-corrected chi connectivity index (χ3v) is 35.4. The minimum absolute atomic E-state index is 0. The number of hydrogen-bond acceptors (Lipinski definition) is 16. The van der Waals surface area contributed by atoms with E-state index in [2.05, 4.69) is 422 Å². The topological polar surface area (TPSA) is 242 Å². The summed E-state index contributed by atoms with van der Waals surface area (Å²) in [5.74, 6) is 3.83. The average molecular weight is 2020 g/mol. The van der Waals surface area contributed by atoms with Crippen molar-refractivity contribution in [1.82, 2.24) is 0 Å². The van der Waals surface area contributed by atoms with Crippen LogP contribution < -0.4 is 36.2 Å². The molecule has 0 saturated heterocycles. The SMILES string of the molecule is CC(C)c1cc2c(c(C(C)(C)C)c1)OP(=O)([O][Al][O]P1(=O)Oc3c(cc(C(C)(C)C)cc3C(C)(C)C)Cc3cc(C(C)(C)C)cc(C(C)(C)C)c3O1)Oc1c(cc(C(C)(C)C)cc1C(C)(C)C)C2.CC(C)c1cc2c(c(C(C)(C)C)c1)OP(=O)([O][Al][O]P1(=O)Oc3c(cc(C(C)(C)C)cc3C(C)(C)C)Cc3cc(C(C)(C)C)cc(C(C)(C)C)c3O1)Oc1c(cc(C(C)(C)C)cc1C(C)(C)C)C2C.O.O. The Morgan fingerprint density at radius 2 is 0.388 bits per heavy atom. The molecule has 4 aliphatic rings. The molecule has 2 radical (unpaired) electrons. The Morgan fingerprint density at radius 1 is 0.230 bits per heavy atom. The Hall–Kier alpha value is -6.10. The van der Waals surface area contributed by atoms with Crippen molar-refractivity contribution in [2.45, 2.75) is 438 Å². The zero-order chi connectivity index (χ0) is 104. The first-order valence-corrected chi connectivity index (χ1v) is 57.1. The molecule has 0 spiro atoms. The third-order valence-electron chi connectivity index (χ3n) is 26.7. The molecule has 3 unspecified atom stereocenters. The van der Waals surface area contributed by atoms with Gasteiger partial charge in [0.15, 0.2) is 0 Å². The Kier molecular flexibility index (Phi) is 32.9. The van der Waals surface area contributed by atoms with Crippen molar-refractivity contribution in [2.24, 2.45) is 0 Å². The predicted octanol–water partition coefficient (Wildman–Crippen LogP) is 33.1. The summed E-state index contributed by atoms with van der Waals surface area (Å²) in [6.07, 6.45) is 1.44. The fourth-order valence-electron chi connectivity index (χ4n) is 17.7. The highest BCUT2D eigenvalue weighted by atomic mass is 31.2. The van der Waals surface area contributed by atoms with E-state index in [9.17, 15) is 0 Å². The first-order chi connectivity index (χ1) is 61.6. The fourth-order valence-corrected chi connectivity index (χ4v) is 25.4. The summed E-state index contributed by atoms with van der Waals surface area (Å²) in [6, 6.07) is 34.6. The van der Waals surface area contributed by atoms with Gasteiger partial charge in [-0.05, 0) is 166 Å². The van der Waals surface area contributed by atoms with Gasteiger partial charge in [0, 0.05) is 80.8 Å². The quantitative estimate of drug-likeness (QED) is 0.0913. The smallest absolute Gasteiger partial charge is 0.412 e. The van der Waals surface area contributed by atoms with Gasteiger partial charge in [-0.25, -0.2) is 18.3 Å². The minimum atomic E-state index is -4.66. The lowest BCUT2D eigenvalue weighted by atomic mass is 9.75. The molecule has 8 aromatic carbocycles. The van der Waals surface area contributed by atoms with Crippen LogP contribution in [0.3, 0.4) is 0 Å². The number of phosphoric ester groups is 4. The van der Waals surface area contributed by atoms with Crippen molar-refractivity contribution < 1.29 is 79.7 Å². The van der Waals surface area contributed by atoms with E-state index >= 15 is 18.3 Å². The van der Waals surface area contributed by atoms with Crippen molar-refractivity contribution in [3.05, 3.63) is 231 Å². The Morgan fingerprint density at radius 3 is 0.583 bits per heavy atom. The van der Waals surface area contributed by atoms with Crippen LogP contribution in [-0.4, -0.2) is 42.7 Å². The summed E-state index contributed by atoms with van der Waals surface area (Å²) in [5.41, 5.74) is 18.7. The molecule has 8 aromatic rings. The number of hydrogen-bond donors (Lipinski definition) is 0. The summed E-state index contributed by atoms with van der Waals surface area (Å²) in [6.45, 7) is 102. The molecule has 4 aliphatic heterocycles. The van der Waals surface area contributed by atoms with Gasteiger partial charge in [-0.15, -0.1) is 0 Å². The third kappa shape index (κ3) is 26.5. The van der Waals surface area contributed by atoms with Crippen LogP contribution in [0.25, 0.3) is 0 Å². The molecular weight excluding hydrogens is 1850 g/mol. The van der Waals surface area contributed by atoms with Gasteiger partial charge in [0.05, 0.1) is 0 Å². The predicted molar refractivity (Wildman–Crippen MR) is 576 cm³/mol. The molecule has 12 rings (SSSR count). The van der Waals surface area contributed by atoms with Gasteiger partial charge in [-0.3, -0.25) is 0 Å². The molecule has 4 N–H and O–H groups in total. The highest BCUT2D eigenvalue weighted by Crippen LogP contribution is 2.66. The summed E-state index contributed by atoms with van der Waals surface area (Å²) < 4.78 is 143. The first kappa shape index (κ1) is 116.